The molecular weight excluding hydrogens is 345 g/mol. The van der Waals surface area contributed by atoms with Crippen molar-refractivity contribution in [3.63, 3.8) is 0 Å². The first kappa shape index (κ1) is 16.6. The van der Waals surface area contributed by atoms with E-state index in [1.807, 2.05) is 37.3 Å². The maximum Gasteiger partial charge on any atom is 0.352 e. The van der Waals surface area contributed by atoms with Crippen LogP contribution in [0.2, 0.25) is 10.0 Å². The molecule has 0 aliphatic carbocycles. The first-order chi connectivity index (χ1) is 11.5. The fraction of sp³-hybridized carbons (Fsp3) is 0.105. The number of carboxylic acids is 1. The Morgan fingerprint density at radius 2 is 1.67 bits per heavy atom. The van der Waals surface area contributed by atoms with Crippen LogP contribution >= 0.6 is 23.2 Å². The molecule has 1 heterocycles. The number of hydrogen-bond acceptors (Lipinski definition) is 1. The number of aromatic carboxylic acids is 1. The first-order valence-corrected chi connectivity index (χ1v) is 8.27. The fourth-order valence-corrected chi connectivity index (χ4v) is 3.45. The molecular formula is C19H15Cl2NO2. The molecule has 0 atom stereocenters. The molecule has 3 rings (SSSR count). The number of halogens is 2. The van der Waals surface area contributed by atoms with Crippen molar-refractivity contribution >= 4 is 29.2 Å². The van der Waals surface area contributed by atoms with Gasteiger partial charge in [-0.05, 0) is 41.3 Å². The van der Waals surface area contributed by atoms with E-state index in [-0.39, 0.29) is 5.69 Å². The normalized spacial score (nSPS) is 10.8. The summed E-state index contributed by atoms with van der Waals surface area (Å²) in [4.78, 5) is 14.8. The number of aromatic nitrogens is 1. The standard InChI is InChI=1S/C19H15Cl2NO2/c1-2-15-16(12-8-13(20)10-14(21)9-12)18(19(23)24)22-17(15)11-6-4-3-5-7-11/h3-10,22H,2H2,1H3,(H,23,24). The highest BCUT2D eigenvalue weighted by Crippen LogP contribution is 2.38. The summed E-state index contributed by atoms with van der Waals surface area (Å²) in [5.41, 5.74) is 4.15. The van der Waals surface area contributed by atoms with E-state index in [4.69, 9.17) is 23.2 Å². The Morgan fingerprint density at radius 3 is 2.21 bits per heavy atom. The summed E-state index contributed by atoms with van der Waals surface area (Å²) in [6.45, 7) is 2.00. The molecule has 24 heavy (non-hydrogen) atoms. The summed E-state index contributed by atoms with van der Waals surface area (Å²) < 4.78 is 0. The van der Waals surface area contributed by atoms with Crippen LogP contribution in [0.1, 0.15) is 23.0 Å². The Morgan fingerprint density at radius 1 is 1.04 bits per heavy atom. The highest BCUT2D eigenvalue weighted by Gasteiger charge is 2.23. The molecule has 0 spiro atoms. The second kappa shape index (κ2) is 6.71. The predicted octanol–water partition coefficient (Wildman–Crippen LogP) is 5.92. The molecule has 0 bridgehead atoms. The van der Waals surface area contributed by atoms with Gasteiger partial charge in [-0.3, -0.25) is 0 Å². The number of aromatic amines is 1. The molecule has 0 aliphatic rings. The SMILES string of the molecule is CCc1c(-c2ccccc2)[nH]c(C(=O)O)c1-c1cc(Cl)cc(Cl)c1. The number of nitrogens with one attached hydrogen (secondary N) is 1. The molecule has 0 aliphatic heterocycles. The quantitative estimate of drug-likeness (QED) is 0.607. The molecule has 1 aromatic heterocycles. The van der Waals surface area contributed by atoms with Crippen LogP contribution in [0.15, 0.2) is 48.5 Å². The second-order valence-electron chi connectivity index (χ2n) is 5.41. The Bertz CT molecular complexity index is 881. The van der Waals surface area contributed by atoms with Crippen molar-refractivity contribution in [1.82, 2.24) is 4.98 Å². The van der Waals surface area contributed by atoms with Gasteiger partial charge in [0.1, 0.15) is 5.69 Å². The summed E-state index contributed by atoms with van der Waals surface area (Å²) in [7, 11) is 0. The van der Waals surface area contributed by atoms with Gasteiger partial charge in [0.15, 0.2) is 0 Å². The van der Waals surface area contributed by atoms with Crippen LogP contribution < -0.4 is 0 Å². The van der Waals surface area contributed by atoms with Crippen LogP contribution in [-0.4, -0.2) is 16.1 Å². The van der Waals surface area contributed by atoms with Crippen molar-refractivity contribution in [3.8, 4) is 22.4 Å². The van der Waals surface area contributed by atoms with Crippen LogP contribution in [0.25, 0.3) is 22.4 Å². The van der Waals surface area contributed by atoms with Crippen LogP contribution in [0.5, 0.6) is 0 Å². The number of hydrogen-bond donors (Lipinski definition) is 2. The molecule has 0 saturated heterocycles. The summed E-state index contributed by atoms with van der Waals surface area (Å²) in [5.74, 6) is -1.02. The zero-order valence-corrected chi connectivity index (χ0v) is 14.4. The maximum absolute atomic E-state index is 11.8. The van der Waals surface area contributed by atoms with Gasteiger partial charge in [-0.2, -0.15) is 0 Å². The topological polar surface area (TPSA) is 53.1 Å². The minimum atomic E-state index is -1.02. The largest absolute Gasteiger partial charge is 0.477 e. The summed E-state index contributed by atoms with van der Waals surface area (Å²) in [6.07, 6.45) is 0.674. The Kier molecular flexibility index (Phi) is 4.65. The fourth-order valence-electron chi connectivity index (χ4n) is 2.92. The predicted molar refractivity (Wildman–Crippen MR) is 98.0 cm³/mol. The van der Waals surface area contributed by atoms with Crippen LogP contribution in [0.4, 0.5) is 0 Å². The molecule has 0 amide bonds. The number of benzene rings is 2. The summed E-state index contributed by atoms with van der Waals surface area (Å²) >= 11 is 12.2. The molecule has 0 radical (unpaired) electrons. The lowest BCUT2D eigenvalue weighted by Crippen LogP contribution is -1.99. The van der Waals surface area contributed by atoms with Crippen molar-refractivity contribution in [3.05, 3.63) is 69.8 Å². The lowest BCUT2D eigenvalue weighted by atomic mass is 9.96. The molecule has 2 aromatic carbocycles. The third-order valence-corrected chi connectivity index (χ3v) is 4.32. The van der Waals surface area contributed by atoms with Crippen LogP contribution in [0, 0.1) is 0 Å². The van der Waals surface area contributed by atoms with Gasteiger partial charge in [0.05, 0.1) is 0 Å². The van der Waals surface area contributed by atoms with E-state index < -0.39 is 5.97 Å². The number of carboxylic acid groups (broad SMARTS) is 1. The average Bonchev–Trinajstić information content (AvgIpc) is 2.94. The van der Waals surface area contributed by atoms with Gasteiger partial charge in [-0.1, -0.05) is 60.5 Å². The highest BCUT2D eigenvalue weighted by molar-refractivity contribution is 6.35. The summed E-state index contributed by atoms with van der Waals surface area (Å²) in [5, 5.41) is 10.6. The third-order valence-electron chi connectivity index (χ3n) is 3.88. The van der Waals surface area contributed by atoms with Gasteiger partial charge < -0.3 is 10.1 Å². The average molecular weight is 360 g/mol. The van der Waals surface area contributed by atoms with Crippen molar-refractivity contribution in [2.75, 3.05) is 0 Å². The number of H-pyrrole nitrogens is 1. The Hall–Kier alpha value is -2.23. The van der Waals surface area contributed by atoms with E-state index in [1.54, 1.807) is 18.2 Å². The van der Waals surface area contributed by atoms with E-state index in [2.05, 4.69) is 4.98 Å². The summed E-state index contributed by atoms with van der Waals surface area (Å²) in [6, 6.07) is 14.8. The molecule has 3 nitrogen and oxygen atoms in total. The minimum absolute atomic E-state index is 0.143. The zero-order chi connectivity index (χ0) is 17.3. The molecule has 3 aromatic rings. The van der Waals surface area contributed by atoms with Gasteiger partial charge in [0, 0.05) is 21.3 Å². The van der Waals surface area contributed by atoms with Crippen molar-refractivity contribution in [2.45, 2.75) is 13.3 Å². The van der Waals surface area contributed by atoms with Crippen molar-refractivity contribution in [1.29, 1.82) is 0 Å². The zero-order valence-electron chi connectivity index (χ0n) is 12.9. The smallest absolute Gasteiger partial charge is 0.352 e. The van der Waals surface area contributed by atoms with E-state index in [0.717, 1.165) is 16.8 Å². The number of rotatable bonds is 4. The van der Waals surface area contributed by atoms with E-state index in [1.165, 1.54) is 0 Å². The number of carbonyl (C=O) groups is 1. The molecule has 122 valence electrons. The molecule has 0 fully saturated rings. The maximum atomic E-state index is 11.8. The van der Waals surface area contributed by atoms with E-state index in [0.29, 0.717) is 27.6 Å². The van der Waals surface area contributed by atoms with E-state index >= 15 is 0 Å². The van der Waals surface area contributed by atoms with Gasteiger partial charge in [0.25, 0.3) is 0 Å². The minimum Gasteiger partial charge on any atom is -0.477 e. The van der Waals surface area contributed by atoms with Gasteiger partial charge in [0.2, 0.25) is 0 Å². The molecule has 0 unspecified atom stereocenters. The van der Waals surface area contributed by atoms with Crippen LogP contribution in [0.3, 0.4) is 0 Å². The molecule has 0 saturated carbocycles. The lowest BCUT2D eigenvalue weighted by Gasteiger charge is -2.08. The second-order valence-corrected chi connectivity index (χ2v) is 6.28. The first-order valence-electron chi connectivity index (χ1n) is 7.51. The lowest BCUT2D eigenvalue weighted by molar-refractivity contribution is 0.0692. The Labute approximate surface area is 149 Å². The molecule has 5 heteroatoms. The van der Waals surface area contributed by atoms with Gasteiger partial charge in [-0.25, -0.2) is 4.79 Å². The van der Waals surface area contributed by atoms with Gasteiger partial charge in [-0.15, -0.1) is 0 Å². The van der Waals surface area contributed by atoms with Gasteiger partial charge >= 0.3 is 5.97 Å². The third kappa shape index (κ3) is 3.05. The van der Waals surface area contributed by atoms with E-state index in [9.17, 15) is 9.90 Å². The Balaban J connectivity index is 2.32. The van der Waals surface area contributed by atoms with Crippen LogP contribution in [-0.2, 0) is 6.42 Å². The molecule has 2 N–H and O–H groups in total. The van der Waals surface area contributed by atoms with Crippen molar-refractivity contribution in [2.24, 2.45) is 0 Å². The monoisotopic (exact) mass is 359 g/mol. The van der Waals surface area contributed by atoms with Crippen molar-refractivity contribution < 1.29 is 9.90 Å². The highest BCUT2D eigenvalue weighted by atomic mass is 35.5.